The van der Waals surface area contributed by atoms with Gasteiger partial charge in [-0.05, 0) is 43.5 Å². The second-order valence-corrected chi connectivity index (χ2v) is 4.89. The Bertz CT molecular complexity index is 564. The maximum absolute atomic E-state index is 6.01. The molecule has 4 heteroatoms. The van der Waals surface area contributed by atoms with Gasteiger partial charge >= 0.3 is 0 Å². The number of anilines is 1. The van der Waals surface area contributed by atoms with Crippen LogP contribution >= 0.6 is 0 Å². The predicted octanol–water partition coefficient (Wildman–Crippen LogP) is 2.76. The lowest BCUT2D eigenvalue weighted by Crippen LogP contribution is -2.05. The van der Waals surface area contributed by atoms with Crippen molar-refractivity contribution in [3.63, 3.8) is 0 Å². The molecule has 19 heavy (non-hydrogen) atoms. The Morgan fingerprint density at radius 3 is 2.58 bits per heavy atom. The van der Waals surface area contributed by atoms with Gasteiger partial charge in [-0.1, -0.05) is 13.0 Å². The number of nitrogens with zero attached hydrogens (tertiary/aromatic N) is 2. The van der Waals surface area contributed by atoms with E-state index in [0.717, 1.165) is 34.7 Å². The van der Waals surface area contributed by atoms with E-state index in [2.05, 4.69) is 24.2 Å². The lowest BCUT2D eigenvalue weighted by molar-refractivity contribution is 0.294. The molecule has 0 fully saturated rings. The van der Waals surface area contributed by atoms with Crippen LogP contribution in [0.1, 0.15) is 29.4 Å². The third-order valence-corrected chi connectivity index (χ3v) is 3.20. The molecule has 0 saturated heterocycles. The number of aromatic nitrogens is 2. The lowest BCUT2D eigenvalue weighted by Gasteiger charge is -2.12. The molecule has 2 aromatic rings. The number of rotatable bonds is 4. The maximum atomic E-state index is 6.01. The molecule has 0 bridgehead atoms. The zero-order valence-corrected chi connectivity index (χ0v) is 12.0. The van der Waals surface area contributed by atoms with Crippen molar-refractivity contribution < 1.29 is 4.74 Å². The SMILES string of the molecule is CCc1cc(COc2c(C)cc(C)cc2N)n(C)n1. The molecule has 2 rings (SSSR count). The number of benzene rings is 1. The molecule has 0 aliphatic carbocycles. The highest BCUT2D eigenvalue weighted by Crippen LogP contribution is 2.28. The molecule has 0 spiro atoms. The summed E-state index contributed by atoms with van der Waals surface area (Å²) in [7, 11) is 1.93. The summed E-state index contributed by atoms with van der Waals surface area (Å²) < 4.78 is 7.72. The van der Waals surface area contributed by atoms with Crippen LogP contribution in [0.25, 0.3) is 0 Å². The van der Waals surface area contributed by atoms with E-state index < -0.39 is 0 Å². The number of aryl methyl sites for hydroxylation is 4. The van der Waals surface area contributed by atoms with Gasteiger partial charge in [-0.15, -0.1) is 0 Å². The topological polar surface area (TPSA) is 53.1 Å². The zero-order valence-electron chi connectivity index (χ0n) is 12.0. The second kappa shape index (κ2) is 5.34. The van der Waals surface area contributed by atoms with Gasteiger partial charge in [-0.3, -0.25) is 4.68 Å². The number of hydrogen-bond acceptors (Lipinski definition) is 3. The normalized spacial score (nSPS) is 10.7. The Morgan fingerprint density at radius 2 is 2.00 bits per heavy atom. The quantitative estimate of drug-likeness (QED) is 0.859. The fraction of sp³-hybridized carbons (Fsp3) is 0.400. The Labute approximate surface area is 114 Å². The molecule has 0 amide bonds. The molecule has 0 unspecified atom stereocenters. The minimum absolute atomic E-state index is 0.484. The van der Waals surface area contributed by atoms with Gasteiger partial charge < -0.3 is 10.5 Å². The third-order valence-electron chi connectivity index (χ3n) is 3.20. The first-order chi connectivity index (χ1) is 9.01. The fourth-order valence-electron chi connectivity index (χ4n) is 2.21. The number of nitrogen functional groups attached to an aromatic ring is 1. The average Bonchev–Trinajstić information content (AvgIpc) is 2.69. The van der Waals surface area contributed by atoms with Crippen LogP contribution in [0, 0.1) is 13.8 Å². The maximum Gasteiger partial charge on any atom is 0.145 e. The molecule has 102 valence electrons. The van der Waals surface area contributed by atoms with Crippen molar-refractivity contribution >= 4 is 5.69 Å². The smallest absolute Gasteiger partial charge is 0.145 e. The van der Waals surface area contributed by atoms with Crippen LogP contribution in [-0.2, 0) is 20.1 Å². The molecule has 0 saturated carbocycles. The first kappa shape index (κ1) is 13.5. The average molecular weight is 259 g/mol. The van der Waals surface area contributed by atoms with Crippen LogP contribution in [0.15, 0.2) is 18.2 Å². The van der Waals surface area contributed by atoms with E-state index in [1.807, 2.05) is 31.6 Å². The van der Waals surface area contributed by atoms with Crippen LogP contribution in [0.2, 0.25) is 0 Å². The molecular weight excluding hydrogens is 238 g/mol. The van der Waals surface area contributed by atoms with E-state index in [4.69, 9.17) is 10.5 Å². The molecule has 1 aromatic carbocycles. The molecule has 0 atom stereocenters. The van der Waals surface area contributed by atoms with E-state index in [1.54, 1.807) is 0 Å². The summed E-state index contributed by atoms with van der Waals surface area (Å²) in [5, 5.41) is 4.41. The molecule has 4 nitrogen and oxygen atoms in total. The molecule has 0 radical (unpaired) electrons. The van der Waals surface area contributed by atoms with Gasteiger partial charge in [0.25, 0.3) is 0 Å². The summed E-state index contributed by atoms with van der Waals surface area (Å²) in [6.07, 6.45) is 0.930. The first-order valence-electron chi connectivity index (χ1n) is 6.52. The van der Waals surface area contributed by atoms with E-state index in [9.17, 15) is 0 Å². The number of ether oxygens (including phenoxy) is 1. The summed E-state index contributed by atoms with van der Waals surface area (Å²) >= 11 is 0. The monoisotopic (exact) mass is 259 g/mol. The van der Waals surface area contributed by atoms with Gasteiger partial charge in [0.1, 0.15) is 12.4 Å². The first-order valence-corrected chi connectivity index (χ1v) is 6.52. The van der Waals surface area contributed by atoms with E-state index in [1.165, 1.54) is 0 Å². The van der Waals surface area contributed by atoms with Crippen molar-refractivity contribution in [1.29, 1.82) is 0 Å². The molecule has 0 aliphatic rings. The third kappa shape index (κ3) is 2.89. The summed E-state index contributed by atoms with van der Waals surface area (Å²) in [5.41, 5.74) is 11.0. The van der Waals surface area contributed by atoms with Crippen LogP contribution in [0.4, 0.5) is 5.69 Å². The van der Waals surface area contributed by atoms with Crippen molar-refractivity contribution in [1.82, 2.24) is 9.78 Å². The van der Waals surface area contributed by atoms with Crippen molar-refractivity contribution in [2.45, 2.75) is 33.8 Å². The highest BCUT2D eigenvalue weighted by molar-refractivity contribution is 5.58. The van der Waals surface area contributed by atoms with Gasteiger partial charge in [-0.25, -0.2) is 0 Å². The Hall–Kier alpha value is -1.97. The van der Waals surface area contributed by atoms with Crippen molar-refractivity contribution in [3.8, 4) is 5.75 Å². The molecule has 0 aliphatic heterocycles. The van der Waals surface area contributed by atoms with Crippen molar-refractivity contribution in [2.24, 2.45) is 7.05 Å². The molecule has 1 aromatic heterocycles. The van der Waals surface area contributed by atoms with Crippen LogP contribution in [0.3, 0.4) is 0 Å². The fourth-order valence-corrected chi connectivity index (χ4v) is 2.21. The van der Waals surface area contributed by atoms with E-state index in [-0.39, 0.29) is 0 Å². The predicted molar refractivity (Wildman–Crippen MR) is 77.2 cm³/mol. The van der Waals surface area contributed by atoms with Gasteiger partial charge in [-0.2, -0.15) is 5.10 Å². The van der Waals surface area contributed by atoms with Gasteiger partial charge in [0.2, 0.25) is 0 Å². The van der Waals surface area contributed by atoms with Gasteiger partial charge in [0, 0.05) is 7.05 Å². The Morgan fingerprint density at radius 1 is 1.26 bits per heavy atom. The minimum Gasteiger partial charge on any atom is -0.485 e. The summed E-state index contributed by atoms with van der Waals surface area (Å²) in [6, 6.07) is 6.08. The zero-order chi connectivity index (χ0) is 14.0. The van der Waals surface area contributed by atoms with Crippen LogP contribution < -0.4 is 10.5 Å². The lowest BCUT2D eigenvalue weighted by atomic mass is 10.1. The summed E-state index contributed by atoms with van der Waals surface area (Å²) in [5.74, 6) is 0.768. The molecular formula is C15H21N3O. The molecule has 2 N–H and O–H groups in total. The minimum atomic E-state index is 0.484. The summed E-state index contributed by atoms with van der Waals surface area (Å²) in [4.78, 5) is 0. The Kier molecular flexibility index (Phi) is 3.79. The van der Waals surface area contributed by atoms with E-state index >= 15 is 0 Å². The van der Waals surface area contributed by atoms with Crippen LogP contribution in [0.5, 0.6) is 5.75 Å². The largest absolute Gasteiger partial charge is 0.485 e. The van der Waals surface area contributed by atoms with Crippen LogP contribution in [-0.4, -0.2) is 9.78 Å². The highest BCUT2D eigenvalue weighted by atomic mass is 16.5. The summed E-state index contributed by atoms with van der Waals surface area (Å²) in [6.45, 7) is 6.62. The van der Waals surface area contributed by atoms with Gasteiger partial charge in [0.05, 0.1) is 17.1 Å². The van der Waals surface area contributed by atoms with E-state index in [0.29, 0.717) is 12.3 Å². The number of nitrogens with two attached hydrogens (primary N) is 1. The van der Waals surface area contributed by atoms with Crippen molar-refractivity contribution in [3.05, 3.63) is 40.7 Å². The van der Waals surface area contributed by atoms with Crippen molar-refractivity contribution in [2.75, 3.05) is 5.73 Å². The Balaban J connectivity index is 2.16. The van der Waals surface area contributed by atoms with Gasteiger partial charge in [0.15, 0.2) is 0 Å². The molecule has 1 heterocycles. The second-order valence-electron chi connectivity index (χ2n) is 4.89. The highest BCUT2D eigenvalue weighted by Gasteiger charge is 2.09. The number of hydrogen-bond donors (Lipinski definition) is 1. The standard InChI is InChI=1S/C15H21N3O/c1-5-12-8-13(18(4)17-12)9-19-15-11(3)6-10(2)7-14(15)16/h6-8H,5,9,16H2,1-4H3.